The number of hydrogen-bond donors (Lipinski definition) is 2. The Morgan fingerprint density at radius 3 is 2.30 bits per heavy atom. The van der Waals surface area contributed by atoms with Crippen molar-refractivity contribution >= 4 is 11.8 Å². The number of likely N-dealkylation sites (tertiary alicyclic amines) is 1. The van der Waals surface area contributed by atoms with Crippen LogP contribution < -0.4 is 10.6 Å². The van der Waals surface area contributed by atoms with E-state index in [9.17, 15) is 22.8 Å². The summed E-state index contributed by atoms with van der Waals surface area (Å²) in [6.07, 6.45) is 3.24. The molecule has 1 saturated heterocycles. The predicted molar refractivity (Wildman–Crippen MR) is 137 cm³/mol. The minimum absolute atomic E-state index is 0.0612. The summed E-state index contributed by atoms with van der Waals surface area (Å²) in [5, 5.41) is 5.93. The molecule has 9 heteroatoms. The van der Waals surface area contributed by atoms with Crippen molar-refractivity contribution in [3.8, 4) is 0 Å². The Labute approximate surface area is 218 Å². The summed E-state index contributed by atoms with van der Waals surface area (Å²) in [7, 11) is 1.70. The molecule has 1 aromatic carbocycles. The van der Waals surface area contributed by atoms with Crippen LogP contribution in [0.2, 0.25) is 0 Å². The predicted octanol–water partition coefficient (Wildman–Crippen LogP) is 3.68. The summed E-state index contributed by atoms with van der Waals surface area (Å²) in [5.41, 5.74) is 2.22. The number of nitrogens with one attached hydrogen (secondary N) is 2. The molecule has 0 spiro atoms. The van der Waals surface area contributed by atoms with Crippen LogP contribution in [0.4, 0.5) is 13.2 Å². The Balaban J connectivity index is 1.50. The zero-order valence-electron chi connectivity index (χ0n) is 22.0. The normalized spacial score (nSPS) is 22.8. The Hall–Kier alpha value is -2.13. The van der Waals surface area contributed by atoms with E-state index < -0.39 is 24.8 Å². The zero-order chi connectivity index (χ0) is 26.6. The first kappa shape index (κ1) is 27.9. The van der Waals surface area contributed by atoms with Gasteiger partial charge in [-0.05, 0) is 69.5 Å². The fourth-order valence-corrected chi connectivity index (χ4v) is 6.39. The topological polar surface area (TPSA) is 64.7 Å². The van der Waals surface area contributed by atoms with Crippen LogP contribution >= 0.6 is 0 Å². The molecule has 2 amide bonds. The van der Waals surface area contributed by atoms with E-state index >= 15 is 0 Å². The minimum atomic E-state index is -4.32. The average molecular weight is 523 g/mol. The van der Waals surface area contributed by atoms with Gasteiger partial charge < -0.3 is 15.5 Å². The maximum Gasteiger partial charge on any atom is 0.401 e. The SMILES string of the molecule is CNC(C)C(=O)N[C@H](C(=O)N1CCC[C@H]1CN(CC(F)(F)F)C1Cc2ccccc2C1)C1CCCCC1. The lowest BCUT2D eigenvalue weighted by molar-refractivity contribution is -0.153. The molecule has 3 aliphatic rings. The van der Waals surface area contributed by atoms with Crippen molar-refractivity contribution in [1.29, 1.82) is 0 Å². The van der Waals surface area contributed by atoms with E-state index in [1.54, 1.807) is 23.8 Å². The smallest absolute Gasteiger partial charge is 0.343 e. The summed E-state index contributed by atoms with van der Waals surface area (Å²) in [5.74, 6) is -0.288. The summed E-state index contributed by atoms with van der Waals surface area (Å²) in [4.78, 5) is 30.0. The molecule has 1 heterocycles. The Morgan fingerprint density at radius 1 is 1.05 bits per heavy atom. The van der Waals surface area contributed by atoms with Crippen LogP contribution in [-0.4, -0.2) is 78.6 Å². The van der Waals surface area contributed by atoms with Crippen LogP contribution in [0.15, 0.2) is 24.3 Å². The number of halogens is 3. The molecule has 2 aliphatic carbocycles. The highest BCUT2D eigenvalue weighted by atomic mass is 19.4. The Bertz CT molecular complexity index is 909. The molecule has 206 valence electrons. The third kappa shape index (κ3) is 7.05. The van der Waals surface area contributed by atoms with E-state index in [4.69, 9.17) is 0 Å². The van der Waals surface area contributed by atoms with Crippen molar-refractivity contribution in [2.45, 2.75) is 95.1 Å². The Morgan fingerprint density at radius 2 is 1.70 bits per heavy atom. The number of rotatable bonds is 9. The van der Waals surface area contributed by atoms with Gasteiger partial charge in [-0.1, -0.05) is 43.5 Å². The van der Waals surface area contributed by atoms with Crippen LogP contribution in [-0.2, 0) is 22.4 Å². The molecular formula is C28H41F3N4O2. The van der Waals surface area contributed by atoms with Crippen molar-refractivity contribution in [3.05, 3.63) is 35.4 Å². The maximum absolute atomic E-state index is 13.9. The highest BCUT2D eigenvalue weighted by Gasteiger charge is 2.42. The number of nitrogens with zero attached hydrogens (tertiary/aromatic N) is 2. The zero-order valence-corrected chi connectivity index (χ0v) is 22.0. The van der Waals surface area contributed by atoms with Crippen LogP contribution in [0.5, 0.6) is 0 Å². The van der Waals surface area contributed by atoms with Gasteiger partial charge in [0.2, 0.25) is 11.8 Å². The van der Waals surface area contributed by atoms with Crippen molar-refractivity contribution in [3.63, 3.8) is 0 Å². The first-order valence-corrected chi connectivity index (χ1v) is 13.8. The lowest BCUT2D eigenvalue weighted by Crippen LogP contribution is -2.58. The molecule has 4 rings (SSSR count). The maximum atomic E-state index is 13.9. The molecule has 0 bridgehead atoms. The van der Waals surface area contributed by atoms with E-state index in [0.29, 0.717) is 25.8 Å². The number of benzene rings is 1. The Kier molecular flexibility index (Phi) is 9.16. The van der Waals surface area contributed by atoms with Crippen molar-refractivity contribution in [2.75, 3.05) is 26.7 Å². The number of carbonyl (C=O) groups is 2. The van der Waals surface area contributed by atoms with Crippen molar-refractivity contribution in [1.82, 2.24) is 20.4 Å². The molecule has 1 aromatic rings. The van der Waals surface area contributed by atoms with E-state index in [1.807, 2.05) is 24.3 Å². The first-order chi connectivity index (χ1) is 17.7. The summed E-state index contributed by atoms with van der Waals surface area (Å²) < 4.78 is 41.0. The third-order valence-corrected chi connectivity index (χ3v) is 8.55. The number of fused-ring (bicyclic) bond motifs is 1. The largest absolute Gasteiger partial charge is 0.401 e. The van der Waals surface area contributed by atoms with E-state index in [-0.39, 0.29) is 36.4 Å². The fourth-order valence-electron chi connectivity index (χ4n) is 6.39. The van der Waals surface area contributed by atoms with E-state index in [1.165, 1.54) is 0 Å². The number of carbonyl (C=O) groups excluding carboxylic acids is 2. The molecule has 1 unspecified atom stereocenters. The molecular weight excluding hydrogens is 481 g/mol. The fraction of sp³-hybridized carbons (Fsp3) is 0.714. The molecule has 2 fully saturated rings. The lowest BCUT2D eigenvalue weighted by Gasteiger charge is -2.38. The van der Waals surface area contributed by atoms with Gasteiger partial charge in [0.25, 0.3) is 0 Å². The van der Waals surface area contributed by atoms with Crippen LogP contribution in [0, 0.1) is 5.92 Å². The minimum Gasteiger partial charge on any atom is -0.343 e. The average Bonchev–Trinajstić information content (AvgIpc) is 3.52. The monoisotopic (exact) mass is 522 g/mol. The van der Waals surface area contributed by atoms with Gasteiger partial charge in [-0.25, -0.2) is 0 Å². The van der Waals surface area contributed by atoms with Gasteiger partial charge in [0.05, 0.1) is 12.6 Å². The third-order valence-electron chi connectivity index (χ3n) is 8.55. The second kappa shape index (κ2) is 12.2. The first-order valence-electron chi connectivity index (χ1n) is 13.8. The number of likely N-dealkylation sites (N-methyl/N-ethyl adjacent to an activating group) is 1. The highest BCUT2D eigenvalue weighted by Crippen LogP contribution is 2.32. The summed E-state index contributed by atoms with van der Waals surface area (Å²) in [6.45, 7) is 1.49. The molecule has 0 aromatic heterocycles. The van der Waals surface area contributed by atoms with Gasteiger partial charge in [-0.3, -0.25) is 14.5 Å². The van der Waals surface area contributed by atoms with Crippen LogP contribution in [0.1, 0.15) is 63.0 Å². The van der Waals surface area contributed by atoms with Crippen LogP contribution in [0.3, 0.4) is 0 Å². The van der Waals surface area contributed by atoms with Gasteiger partial charge in [-0.2, -0.15) is 13.2 Å². The summed E-state index contributed by atoms with van der Waals surface area (Å²) in [6, 6.07) is 6.27. The summed E-state index contributed by atoms with van der Waals surface area (Å²) >= 11 is 0. The standard InChI is InChI=1S/C28H41F3N4O2/c1-19(32-2)26(36)33-25(20-9-4-3-5-10-20)27(37)35-14-8-13-23(35)17-34(18-28(29,30)31)24-15-21-11-6-7-12-22(21)16-24/h6-7,11-12,19-20,23-25,32H,3-5,8-10,13-18H2,1-2H3,(H,33,36)/t19?,23-,25-/m0/s1. The van der Waals surface area contributed by atoms with Gasteiger partial charge >= 0.3 is 6.18 Å². The number of alkyl halides is 3. The molecule has 0 radical (unpaired) electrons. The second-order valence-electron chi connectivity index (χ2n) is 11.1. The molecule has 37 heavy (non-hydrogen) atoms. The quantitative estimate of drug-likeness (QED) is 0.520. The van der Waals surface area contributed by atoms with Gasteiger partial charge in [0.1, 0.15) is 6.04 Å². The second-order valence-corrected chi connectivity index (χ2v) is 11.1. The highest BCUT2D eigenvalue weighted by molar-refractivity contribution is 5.90. The van der Waals surface area contributed by atoms with Gasteiger partial charge in [0, 0.05) is 25.2 Å². The molecule has 3 atom stereocenters. The number of hydrogen-bond acceptors (Lipinski definition) is 4. The van der Waals surface area contributed by atoms with E-state index in [0.717, 1.165) is 49.7 Å². The van der Waals surface area contributed by atoms with Gasteiger partial charge in [-0.15, -0.1) is 0 Å². The molecule has 1 aliphatic heterocycles. The van der Waals surface area contributed by atoms with Crippen LogP contribution in [0.25, 0.3) is 0 Å². The van der Waals surface area contributed by atoms with E-state index in [2.05, 4.69) is 10.6 Å². The van der Waals surface area contributed by atoms with Crippen molar-refractivity contribution in [2.24, 2.45) is 5.92 Å². The lowest BCUT2D eigenvalue weighted by atomic mass is 9.83. The molecule has 2 N–H and O–H groups in total. The van der Waals surface area contributed by atoms with Crippen molar-refractivity contribution < 1.29 is 22.8 Å². The van der Waals surface area contributed by atoms with Gasteiger partial charge in [0.15, 0.2) is 0 Å². The molecule has 6 nitrogen and oxygen atoms in total. The number of amides is 2. The molecule has 1 saturated carbocycles.